The molecule has 0 saturated heterocycles. The van der Waals surface area contributed by atoms with Gasteiger partial charge in [-0.2, -0.15) is 0 Å². The lowest BCUT2D eigenvalue weighted by atomic mass is 9.64. The Morgan fingerprint density at radius 3 is 2.97 bits per heavy atom. The molecule has 8 nitrogen and oxygen atoms in total. The molecule has 10 heteroatoms. The van der Waals surface area contributed by atoms with Crippen molar-refractivity contribution in [1.82, 2.24) is 25.6 Å². The SMILES string of the molecule is C=C1CSc2ccc(CNC3CC(N)(CNCCc4c(F)cnc5ccc(OC)nc45)C3C)nc2N1. The number of fused-ring (bicyclic) bond motifs is 2. The van der Waals surface area contributed by atoms with Gasteiger partial charge in [0.25, 0.3) is 0 Å². The Bertz CT molecular complexity index is 1290. The number of rotatable bonds is 9. The summed E-state index contributed by atoms with van der Waals surface area (Å²) < 4.78 is 19.7. The van der Waals surface area contributed by atoms with Crippen molar-refractivity contribution in [3.05, 3.63) is 59.8 Å². The van der Waals surface area contributed by atoms with Crippen LogP contribution in [0.3, 0.4) is 0 Å². The molecule has 0 aromatic carbocycles. The van der Waals surface area contributed by atoms with E-state index in [4.69, 9.17) is 15.5 Å². The summed E-state index contributed by atoms with van der Waals surface area (Å²) in [6.45, 7) is 8.12. The molecule has 2 aliphatic rings. The quantitative estimate of drug-likeness (QED) is 0.323. The Balaban J connectivity index is 1.11. The third-order valence-corrected chi connectivity index (χ3v) is 8.36. The fraction of sp³-hybridized carbons (Fsp3) is 0.423. The smallest absolute Gasteiger partial charge is 0.213 e. The van der Waals surface area contributed by atoms with Gasteiger partial charge in [-0.25, -0.2) is 14.4 Å². The highest BCUT2D eigenvalue weighted by molar-refractivity contribution is 7.99. The van der Waals surface area contributed by atoms with Gasteiger partial charge in [0.05, 0.1) is 34.9 Å². The van der Waals surface area contributed by atoms with Crippen molar-refractivity contribution in [2.45, 2.75) is 42.8 Å². The van der Waals surface area contributed by atoms with Crippen LogP contribution in [0, 0.1) is 11.7 Å². The van der Waals surface area contributed by atoms with Crippen molar-refractivity contribution >= 4 is 28.6 Å². The zero-order valence-electron chi connectivity index (χ0n) is 20.6. The minimum Gasteiger partial charge on any atom is -0.481 e. The lowest BCUT2D eigenvalue weighted by molar-refractivity contribution is 0.0808. The van der Waals surface area contributed by atoms with Gasteiger partial charge in [0.2, 0.25) is 5.88 Å². The third-order valence-electron chi connectivity index (χ3n) is 7.22. The van der Waals surface area contributed by atoms with E-state index in [1.54, 1.807) is 31.0 Å². The van der Waals surface area contributed by atoms with Crippen LogP contribution < -0.4 is 26.4 Å². The summed E-state index contributed by atoms with van der Waals surface area (Å²) in [5.41, 5.74) is 10.1. The number of pyridine rings is 3. The summed E-state index contributed by atoms with van der Waals surface area (Å²) in [7, 11) is 1.54. The van der Waals surface area contributed by atoms with Crippen molar-refractivity contribution < 1.29 is 9.13 Å². The molecule has 0 bridgehead atoms. The van der Waals surface area contributed by atoms with Gasteiger partial charge in [-0.3, -0.25) is 4.98 Å². The molecule has 3 atom stereocenters. The molecule has 0 radical (unpaired) electrons. The van der Waals surface area contributed by atoms with Crippen LogP contribution in [0.25, 0.3) is 11.0 Å². The fourth-order valence-electron chi connectivity index (χ4n) is 4.85. The van der Waals surface area contributed by atoms with Crippen LogP contribution in [-0.4, -0.2) is 52.5 Å². The van der Waals surface area contributed by atoms with Crippen LogP contribution in [0.2, 0.25) is 0 Å². The normalized spacial score (nSPS) is 23.2. The highest BCUT2D eigenvalue weighted by Gasteiger charge is 2.47. The average Bonchev–Trinajstić information content (AvgIpc) is 2.89. The minimum atomic E-state index is -0.359. The van der Waals surface area contributed by atoms with Gasteiger partial charge in [-0.1, -0.05) is 13.5 Å². The first-order chi connectivity index (χ1) is 17.4. The maximum atomic E-state index is 14.5. The number of methoxy groups -OCH3 is 1. The highest BCUT2D eigenvalue weighted by atomic mass is 32.2. The Morgan fingerprint density at radius 2 is 2.17 bits per heavy atom. The Kier molecular flexibility index (Phi) is 7.11. The molecule has 3 aromatic rings. The topological polar surface area (TPSA) is 110 Å². The largest absolute Gasteiger partial charge is 0.481 e. The number of nitrogens with zero attached hydrogens (tertiary/aromatic N) is 3. The van der Waals surface area contributed by atoms with Gasteiger partial charge in [0, 0.05) is 47.7 Å². The third kappa shape index (κ3) is 5.04. The molecule has 190 valence electrons. The van der Waals surface area contributed by atoms with E-state index in [1.807, 2.05) is 0 Å². The van der Waals surface area contributed by atoms with E-state index < -0.39 is 0 Å². The number of ether oxygens (including phenoxy) is 1. The van der Waals surface area contributed by atoms with Crippen LogP contribution in [-0.2, 0) is 13.0 Å². The molecule has 1 aliphatic heterocycles. The highest BCUT2D eigenvalue weighted by Crippen LogP contribution is 2.37. The number of aromatic nitrogens is 3. The molecule has 5 rings (SSSR count). The Morgan fingerprint density at radius 1 is 1.31 bits per heavy atom. The Hall–Kier alpha value is -2.79. The van der Waals surface area contributed by atoms with Crippen molar-refractivity contribution in [2.75, 3.05) is 31.3 Å². The molecule has 0 spiro atoms. The lowest BCUT2D eigenvalue weighted by Gasteiger charge is -2.52. The zero-order chi connectivity index (χ0) is 25.3. The first-order valence-electron chi connectivity index (χ1n) is 12.1. The molecule has 5 N–H and O–H groups in total. The first kappa shape index (κ1) is 24.9. The summed E-state index contributed by atoms with van der Waals surface area (Å²) in [6.07, 6.45) is 2.60. The van der Waals surface area contributed by atoms with E-state index in [2.05, 4.69) is 51.6 Å². The number of thioether (sulfide) groups is 1. The second-order valence-electron chi connectivity index (χ2n) is 9.61. The molecule has 1 saturated carbocycles. The second kappa shape index (κ2) is 10.3. The minimum absolute atomic E-state index is 0.292. The van der Waals surface area contributed by atoms with Crippen LogP contribution in [0.15, 0.2) is 47.6 Å². The number of nitrogens with two attached hydrogens (primary N) is 1. The van der Waals surface area contributed by atoms with Crippen LogP contribution in [0.1, 0.15) is 24.6 Å². The lowest BCUT2D eigenvalue weighted by Crippen LogP contribution is -2.70. The molecular formula is C26H32FN7OS. The van der Waals surface area contributed by atoms with Crippen molar-refractivity contribution in [3.8, 4) is 5.88 Å². The van der Waals surface area contributed by atoms with E-state index >= 15 is 0 Å². The van der Waals surface area contributed by atoms with Gasteiger partial charge in [0.15, 0.2) is 0 Å². The zero-order valence-corrected chi connectivity index (χ0v) is 21.4. The molecule has 4 heterocycles. The van der Waals surface area contributed by atoms with Crippen molar-refractivity contribution in [3.63, 3.8) is 0 Å². The van der Waals surface area contributed by atoms with Gasteiger partial charge in [-0.05, 0) is 43.5 Å². The number of anilines is 1. The van der Waals surface area contributed by atoms with E-state index in [1.165, 1.54) is 6.20 Å². The fourth-order valence-corrected chi connectivity index (χ4v) is 5.65. The summed E-state index contributed by atoms with van der Waals surface area (Å²) in [5, 5.41) is 10.3. The van der Waals surface area contributed by atoms with E-state index in [0.29, 0.717) is 60.5 Å². The maximum absolute atomic E-state index is 14.5. The van der Waals surface area contributed by atoms with Gasteiger partial charge >= 0.3 is 0 Å². The van der Waals surface area contributed by atoms with Gasteiger partial charge < -0.3 is 26.4 Å². The number of halogens is 1. The molecule has 3 aromatic heterocycles. The number of hydrogen-bond donors (Lipinski definition) is 4. The van der Waals surface area contributed by atoms with E-state index in [-0.39, 0.29) is 11.4 Å². The summed E-state index contributed by atoms with van der Waals surface area (Å²) in [6, 6.07) is 8.03. The summed E-state index contributed by atoms with van der Waals surface area (Å²) in [4.78, 5) is 14.4. The van der Waals surface area contributed by atoms with Gasteiger partial charge in [-0.15, -0.1) is 11.8 Å². The molecule has 1 aliphatic carbocycles. The molecule has 1 fully saturated rings. The van der Waals surface area contributed by atoms with Crippen molar-refractivity contribution in [2.24, 2.45) is 11.7 Å². The standard InChI is InChI=1S/C26H32FN7OS/c1-15-13-36-22-6-4-17(33-25(22)32-15)11-30-21-10-26(28,16(21)2)14-29-9-8-18-19(27)12-31-20-5-7-23(35-3)34-24(18)20/h4-7,12,16,21,29-30H,1,8-11,13-14,28H2,2-3H3,(H,32,33). The predicted octanol–water partition coefficient (Wildman–Crippen LogP) is 3.23. The van der Waals surface area contributed by atoms with Crippen LogP contribution in [0.5, 0.6) is 5.88 Å². The Labute approximate surface area is 214 Å². The van der Waals surface area contributed by atoms with Crippen molar-refractivity contribution in [1.29, 1.82) is 0 Å². The van der Waals surface area contributed by atoms with Crippen LogP contribution >= 0.6 is 11.8 Å². The molecular weight excluding hydrogens is 477 g/mol. The molecule has 3 unspecified atom stereocenters. The second-order valence-corrected chi connectivity index (χ2v) is 10.6. The maximum Gasteiger partial charge on any atom is 0.213 e. The number of nitrogens with one attached hydrogen (secondary N) is 3. The first-order valence-corrected chi connectivity index (χ1v) is 13.1. The monoisotopic (exact) mass is 509 g/mol. The van der Waals surface area contributed by atoms with Crippen LogP contribution in [0.4, 0.5) is 10.2 Å². The molecule has 0 amide bonds. The number of hydrogen-bond acceptors (Lipinski definition) is 9. The average molecular weight is 510 g/mol. The van der Waals surface area contributed by atoms with E-state index in [9.17, 15) is 4.39 Å². The predicted molar refractivity (Wildman–Crippen MR) is 142 cm³/mol. The van der Waals surface area contributed by atoms with Gasteiger partial charge in [0.1, 0.15) is 11.6 Å². The van der Waals surface area contributed by atoms with E-state index in [0.717, 1.165) is 34.3 Å². The molecule has 36 heavy (non-hydrogen) atoms. The summed E-state index contributed by atoms with van der Waals surface area (Å²) in [5.74, 6) is 2.14. The summed E-state index contributed by atoms with van der Waals surface area (Å²) >= 11 is 1.75.